The fourth-order valence-electron chi connectivity index (χ4n) is 3.89. The number of hydrogen-bond donors (Lipinski definition) is 2. The number of anilines is 1. The average Bonchev–Trinajstić information content (AvgIpc) is 3.22. The van der Waals surface area contributed by atoms with Crippen LogP contribution in [0.4, 0.5) is 5.69 Å². The van der Waals surface area contributed by atoms with Gasteiger partial charge in [0, 0.05) is 5.39 Å². The molecule has 33 heavy (non-hydrogen) atoms. The molecule has 1 aromatic heterocycles. The van der Waals surface area contributed by atoms with E-state index < -0.39 is 17.9 Å². The SMILES string of the molecule is COC(=O)C1=C(C(=O)OC)N(c2ccc3c(I)[nH]nc3c2)C(N)=C(C#N)C1c1ccccc1. The number of carbonyl (C=O) groups is 2. The van der Waals surface area contributed by atoms with Crippen molar-refractivity contribution in [1.29, 1.82) is 5.26 Å². The van der Waals surface area contributed by atoms with Crippen LogP contribution in [-0.4, -0.2) is 36.4 Å². The monoisotopic (exact) mass is 555 g/mol. The van der Waals surface area contributed by atoms with Crippen LogP contribution in [0.1, 0.15) is 11.5 Å². The van der Waals surface area contributed by atoms with Gasteiger partial charge in [0.25, 0.3) is 0 Å². The third kappa shape index (κ3) is 3.70. The van der Waals surface area contributed by atoms with Crippen LogP contribution in [-0.2, 0) is 19.1 Å². The number of allylic oxidation sites excluding steroid dienone is 1. The van der Waals surface area contributed by atoms with Crippen molar-refractivity contribution >= 4 is 51.1 Å². The maximum absolute atomic E-state index is 13.1. The van der Waals surface area contributed by atoms with Gasteiger partial charge in [-0.15, -0.1) is 0 Å². The Bertz CT molecular complexity index is 1370. The number of halogens is 1. The van der Waals surface area contributed by atoms with E-state index in [1.807, 2.05) is 6.07 Å². The maximum Gasteiger partial charge on any atom is 0.355 e. The Morgan fingerprint density at radius 2 is 1.85 bits per heavy atom. The van der Waals surface area contributed by atoms with Crippen molar-refractivity contribution in [3.8, 4) is 6.07 Å². The van der Waals surface area contributed by atoms with Crippen LogP contribution in [0, 0.1) is 15.0 Å². The van der Waals surface area contributed by atoms with Crippen LogP contribution in [0.5, 0.6) is 0 Å². The zero-order valence-electron chi connectivity index (χ0n) is 17.6. The molecule has 1 atom stereocenters. The van der Waals surface area contributed by atoms with Crippen LogP contribution in [0.15, 0.2) is 71.2 Å². The topological polar surface area (TPSA) is 134 Å². The first kappa shape index (κ1) is 22.3. The number of nitrogens with one attached hydrogen (secondary N) is 1. The summed E-state index contributed by atoms with van der Waals surface area (Å²) in [6.07, 6.45) is 0. The van der Waals surface area contributed by atoms with Gasteiger partial charge in [-0.1, -0.05) is 30.3 Å². The molecule has 10 heteroatoms. The molecule has 4 rings (SSSR count). The molecule has 0 fully saturated rings. The first-order chi connectivity index (χ1) is 15.9. The van der Waals surface area contributed by atoms with Crippen molar-refractivity contribution in [3.05, 3.63) is 80.5 Å². The standard InChI is InChI=1S/C23H18IN5O4/c1-32-22(30)18-17(12-6-4-3-5-7-12)15(11-25)21(26)29(19(18)23(31)33-2)13-8-9-14-16(10-13)27-28-20(14)24/h3-10,17H,26H2,1-2H3,(H,27,28). The highest BCUT2D eigenvalue weighted by Crippen LogP contribution is 2.43. The fourth-order valence-corrected chi connectivity index (χ4v) is 4.46. The normalized spacial score (nSPS) is 16.1. The first-order valence-electron chi connectivity index (χ1n) is 9.72. The van der Waals surface area contributed by atoms with E-state index >= 15 is 0 Å². The van der Waals surface area contributed by atoms with E-state index in [9.17, 15) is 14.9 Å². The summed E-state index contributed by atoms with van der Waals surface area (Å²) in [5, 5.41) is 18.1. The average molecular weight is 555 g/mol. The summed E-state index contributed by atoms with van der Waals surface area (Å²) in [6.45, 7) is 0. The number of methoxy groups -OCH3 is 2. The third-order valence-corrected chi connectivity index (χ3v) is 6.18. The van der Waals surface area contributed by atoms with Gasteiger partial charge in [0.1, 0.15) is 15.2 Å². The predicted molar refractivity (Wildman–Crippen MR) is 128 cm³/mol. The van der Waals surface area contributed by atoms with Crippen LogP contribution in [0.2, 0.25) is 0 Å². The van der Waals surface area contributed by atoms with E-state index in [0.29, 0.717) is 16.8 Å². The molecule has 0 amide bonds. The van der Waals surface area contributed by atoms with E-state index in [-0.39, 0.29) is 22.7 Å². The number of benzene rings is 2. The number of ether oxygens (including phenoxy) is 2. The lowest BCUT2D eigenvalue weighted by atomic mass is 9.81. The molecule has 1 unspecified atom stereocenters. The number of rotatable bonds is 4. The molecule has 0 spiro atoms. The number of fused-ring (bicyclic) bond motifs is 1. The van der Waals surface area contributed by atoms with Crippen molar-refractivity contribution in [3.63, 3.8) is 0 Å². The van der Waals surface area contributed by atoms with Gasteiger partial charge in [0.2, 0.25) is 0 Å². The number of hydrogen-bond acceptors (Lipinski definition) is 8. The van der Waals surface area contributed by atoms with Gasteiger partial charge in [-0.25, -0.2) is 9.59 Å². The summed E-state index contributed by atoms with van der Waals surface area (Å²) < 4.78 is 10.9. The van der Waals surface area contributed by atoms with Crippen molar-refractivity contribution in [2.24, 2.45) is 5.73 Å². The Hall–Kier alpha value is -3.85. The summed E-state index contributed by atoms with van der Waals surface area (Å²) in [5.74, 6) is -2.48. The Labute approximate surface area is 202 Å². The minimum Gasteiger partial charge on any atom is -0.466 e. The lowest BCUT2D eigenvalue weighted by molar-refractivity contribution is -0.139. The second-order valence-corrected chi connectivity index (χ2v) is 8.15. The number of esters is 2. The van der Waals surface area contributed by atoms with Gasteiger partial charge in [0.05, 0.1) is 48.6 Å². The molecule has 2 heterocycles. The largest absolute Gasteiger partial charge is 0.466 e. The van der Waals surface area contributed by atoms with E-state index in [1.54, 1.807) is 42.5 Å². The molecule has 0 saturated carbocycles. The first-order valence-corrected chi connectivity index (χ1v) is 10.8. The zero-order chi connectivity index (χ0) is 23.7. The molecule has 3 N–H and O–H groups in total. The second-order valence-electron chi connectivity index (χ2n) is 7.07. The molecular weight excluding hydrogens is 537 g/mol. The van der Waals surface area contributed by atoms with Gasteiger partial charge in [-0.05, 0) is 46.4 Å². The van der Waals surface area contributed by atoms with Crippen molar-refractivity contribution in [1.82, 2.24) is 10.2 Å². The summed E-state index contributed by atoms with van der Waals surface area (Å²) in [4.78, 5) is 27.4. The molecule has 1 aliphatic heterocycles. The number of carbonyl (C=O) groups excluding carboxylic acids is 2. The minimum atomic E-state index is -0.913. The van der Waals surface area contributed by atoms with Gasteiger partial charge in [0.15, 0.2) is 0 Å². The summed E-state index contributed by atoms with van der Waals surface area (Å²) in [5.41, 5.74) is 8.09. The molecule has 2 aromatic carbocycles. The molecule has 9 nitrogen and oxygen atoms in total. The van der Waals surface area contributed by atoms with Crippen LogP contribution >= 0.6 is 22.6 Å². The number of aromatic nitrogens is 2. The van der Waals surface area contributed by atoms with E-state index in [0.717, 1.165) is 9.09 Å². The van der Waals surface area contributed by atoms with Crippen LogP contribution < -0.4 is 10.6 Å². The van der Waals surface area contributed by atoms with Crippen LogP contribution in [0.3, 0.4) is 0 Å². The quantitative estimate of drug-likeness (QED) is 0.371. The predicted octanol–water partition coefficient (Wildman–Crippen LogP) is 3.07. The number of aromatic amines is 1. The fraction of sp³-hybridized carbons (Fsp3) is 0.130. The molecule has 166 valence electrons. The Morgan fingerprint density at radius 1 is 1.15 bits per heavy atom. The zero-order valence-corrected chi connectivity index (χ0v) is 19.8. The van der Waals surface area contributed by atoms with Gasteiger partial charge < -0.3 is 15.2 Å². The molecule has 0 bridgehead atoms. The molecule has 0 radical (unpaired) electrons. The lowest BCUT2D eigenvalue weighted by Gasteiger charge is -2.35. The van der Waals surface area contributed by atoms with Gasteiger partial charge in [-0.3, -0.25) is 10.00 Å². The second kappa shape index (κ2) is 8.95. The van der Waals surface area contributed by atoms with E-state index in [2.05, 4.69) is 38.9 Å². The highest BCUT2D eigenvalue weighted by Gasteiger charge is 2.43. The van der Waals surface area contributed by atoms with Gasteiger partial charge >= 0.3 is 11.9 Å². The summed E-state index contributed by atoms with van der Waals surface area (Å²) in [6, 6.07) is 16.2. The smallest absolute Gasteiger partial charge is 0.355 e. The van der Waals surface area contributed by atoms with E-state index in [4.69, 9.17) is 15.2 Å². The molecule has 0 saturated heterocycles. The van der Waals surface area contributed by atoms with E-state index in [1.165, 1.54) is 19.1 Å². The Kier molecular flexibility index (Phi) is 6.06. The summed E-state index contributed by atoms with van der Waals surface area (Å²) >= 11 is 2.13. The molecule has 3 aromatic rings. The minimum absolute atomic E-state index is 0.00369. The van der Waals surface area contributed by atoms with Crippen molar-refractivity contribution < 1.29 is 19.1 Å². The molecule has 1 aliphatic rings. The summed E-state index contributed by atoms with van der Waals surface area (Å²) in [7, 11) is 2.42. The molecular formula is C23H18IN5O4. The number of nitriles is 1. The number of H-pyrrole nitrogens is 1. The number of nitrogens with two attached hydrogens (primary N) is 1. The van der Waals surface area contributed by atoms with Crippen molar-refractivity contribution in [2.45, 2.75) is 5.92 Å². The third-order valence-electron chi connectivity index (χ3n) is 5.36. The Morgan fingerprint density at radius 3 is 2.48 bits per heavy atom. The van der Waals surface area contributed by atoms with Crippen LogP contribution in [0.25, 0.3) is 10.9 Å². The molecule has 0 aliphatic carbocycles. The van der Waals surface area contributed by atoms with Gasteiger partial charge in [-0.2, -0.15) is 10.4 Å². The highest BCUT2D eigenvalue weighted by atomic mass is 127. The number of nitrogens with zero attached hydrogens (tertiary/aromatic N) is 3. The lowest BCUT2D eigenvalue weighted by Crippen LogP contribution is -2.40. The Balaban J connectivity index is 2.06. The highest BCUT2D eigenvalue weighted by molar-refractivity contribution is 14.1. The van der Waals surface area contributed by atoms with Crippen molar-refractivity contribution in [2.75, 3.05) is 19.1 Å². The maximum atomic E-state index is 13.1.